The third-order valence-corrected chi connectivity index (χ3v) is 7.97. The fraction of sp³-hybridized carbons (Fsp3) is 0.250. The van der Waals surface area contributed by atoms with E-state index in [1.165, 1.54) is 20.2 Å². The van der Waals surface area contributed by atoms with Crippen LogP contribution in [-0.2, 0) is 24.4 Å². The van der Waals surface area contributed by atoms with Gasteiger partial charge in [-0.2, -0.15) is 26.3 Å². The highest BCUT2D eigenvalue weighted by molar-refractivity contribution is 5.97. The van der Waals surface area contributed by atoms with E-state index in [0.29, 0.717) is 18.2 Å². The zero-order chi connectivity index (χ0) is 36.9. The molecule has 0 aliphatic rings. The van der Waals surface area contributed by atoms with Crippen molar-refractivity contribution < 1.29 is 54.2 Å². The molecule has 0 aliphatic heterocycles. The van der Waals surface area contributed by atoms with Gasteiger partial charge < -0.3 is 24.7 Å². The van der Waals surface area contributed by atoms with E-state index in [-0.39, 0.29) is 22.4 Å². The van der Waals surface area contributed by atoms with E-state index in [1.807, 2.05) is 10.6 Å². The first-order valence-corrected chi connectivity index (χ1v) is 14.5. The van der Waals surface area contributed by atoms with Crippen molar-refractivity contribution in [3.63, 3.8) is 0 Å². The number of alkyl halides is 6. The third kappa shape index (κ3) is 6.69. The Bertz CT molecular complexity index is 2190. The molecule has 2 unspecified atom stereocenters. The number of aryl methyl sites for hydroxylation is 1. The Balaban J connectivity index is 1.51. The Kier molecular flexibility index (Phi) is 9.33. The number of nitrogens with zero attached hydrogens (tertiary/aromatic N) is 3. The Morgan fingerprint density at radius 2 is 1.64 bits per heavy atom. The summed E-state index contributed by atoms with van der Waals surface area (Å²) in [5.41, 5.74) is -6.10. The molecule has 5 rings (SSSR count). The Morgan fingerprint density at radius 3 is 2.22 bits per heavy atom. The molecule has 5 aromatic rings. The Morgan fingerprint density at radius 1 is 0.980 bits per heavy atom. The van der Waals surface area contributed by atoms with Crippen LogP contribution in [-0.4, -0.2) is 49.2 Å². The van der Waals surface area contributed by atoms with E-state index in [1.54, 1.807) is 0 Å². The molecule has 18 heteroatoms. The van der Waals surface area contributed by atoms with Crippen molar-refractivity contribution in [2.45, 2.75) is 44.2 Å². The van der Waals surface area contributed by atoms with Gasteiger partial charge in [-0.1, -0.05) is 6.92 Å². The molecule has 2 atom stereocenters. The van der Waals surface area contributed by atoms with E-state index in [0.717, 1.165) is 39.4 Å². The molecule has 0 saturated heterocycles. The molecular weight excluding hydrogens is 689 g/mol. The number of imidazole rings is 1. The molecule has 3 heterocycles. The van der Waals surface area contributed by atoms with Crippen LogP contribution in [0.3, 0.4) is 0 Å². The molecule has 0 fully saturated rings. The number of amides is 1. The molecule has 0 saturated carbocycles. The number of fused-ring (bicyclic) bond motifs is 2. The van der Waals surface area contributed by atoms with Gasteiger partial charge in [-0.05, 0) is 48.9 Å². The summed E-state index contributed by atoms with van der Waals surface area (Å²) in [6, 6.07) is 1.59. The van der Waals surface area contributed by atoms with Gasteiger partial charge in [0.25, 0.3) is 11.5 Å². The number of hydrogen-bond acceptors (Lipinski definition) is 5. The number of carbonyl (C=O) groups excluding carboxylic acids is 1. The standard InChI is InChI=1S/C32H24F9N5O4/c1-3-23(31(36,37)38)43-15-11-19(34)25(20(35)12-15)28(47)44-21(30(49)50)13-16-5-6-17(27-42-8-9-46(16)27)24-26(32(39,40)41)18-10-14(33)4-7-22(18)45(2)29(24)48/h4-12,21,23,43H,3,13H2,1-2H3,(H,44,47)(H,49,50). The van der Waals surface area contributed by atoms with Crippen molar-refractivity contribution in [2.75, 3.05) is 5.32 Å². The van der Waals surface area contributed by atoms with Gasteiger partial charge in [0, 0.05) is 48.2 Å². The van der Waals surface area contributed by atoms with Gasteiger partial charge in [0.05, 0.1) is 16.6 Å². The van der Waals surface area contributed by atoms with Crippen molar-refractivity contribution >= 4 is 34.1 Å². The summed E-state index contributed by atoms with van der Waals surface area (Å²) in [5.74, 6) is -7.44. The topological polar surface area (TPSA) is 118 Å². The largest absolute Gasteiger partial charge is 0.480 e. The van der Waals surface area contributed by atoms with Gasteiger partial charge >= 0.3 is 18.3 Å². The summed E-state index contributed by atoms with van der Waals surface area (Å²) in [7, 11) is 1.20. The number of carboxylic acids is 1. The van der Waals surface area contributed by atoms with Gasteiger partial charge in [-0.3, -0.25) is 9.59 Å². The number of aromatic nitrogens is 3. The van der Waals surface area contributed by atoms with Crippen LogP contribution in [0.4, 0.5) is 45.2 Å². The van der Waals surface area contributed by atoms with Crippen LogP contribution in [0.5, 0.6) is 0 Å². The van der Waals surface area contributed by atoms with Crippen LogP contribution in [0.2, 0.25) is 0 Å². The quantitative estimate of drug-likeness (QED) is 0.151. The summed E-state index contributed by atoms with van der Waals surface area (Å²) < 4.78 is 129. The monoisotopic (exact) mass is 713 g/mol. The molecule has 9 nitrogen and oxygen atoms in total. The fourth-order valence-electron chi connectivity index (χ4n) is 5.62. The molecule has 0 radical (unpaired) electrons. The highest BCUT2D eigenvalue weighted by atomic mass is 19.4. The molecule has 1 amide bonds. The summed E-state index contributed by atoms with van der Waals surface area (Å²) >= 11 is 0. The second-order valence-electron chi connectivity index (χ2n) is 11.2. The number of carboxylic acid groups (broad SMARTS) is 1. The normalized spacial score (nSPS) is 13.4. The van der Waals surface area contributed by atoms with Gasteiger partial charge in [0.15, 0.2) is 0 Å². The number of rotatable bonds is 9. The average molecular weight is 714 g/mol. The van der Waals surface area contributed by atoms with Crippen molar-refractivity contribution in [3.8, 4) is 11.1 Å². The minimum absolute atomic E-state index is 0.00409. The van der Waals surface area contributed by atoms with Crippen molar-refractivity contribution in [2.24, 2.45) is 7.05 Å². The average Bonchev–Trinajstić information content (AvgIpc) is 3.50. The lowest BCUT2D eigenvalue weighted by Gasteiger charge is -2.22. The number of nitrogens with one attached hydrogen (secondary N) is 2. The van der Waals surface area contributed by atoms with Gasteiger partial charge in [0.2, 0.25) is 0 Å². The van der Waals surface area contributed by atoms with Crippen LogP contribution < -0.4 is 16.2 Å². The molecule has 264 valence electrons. The van der Waals surface area contributed by atoms with Crippen LogP contribution in [0.25, 0.3) is 27.7 Å². The van der Waals surface area contributed by atoms with E-state index in [9.17, 15) is 59.0 Å². The fourth-order valence-corrected chi connectivity index (χ4v) is 5.62. The number of halogens is 9. The maximum Gasteiger partial charge on any atom is 0.417 e. The second-order valence-corrected chi connectivity index (χ2v) is 11.2. The second kappa shape index (κ2) is 13.1. The molecule has 0 bridgehead atoms. The highest BCUT2D eigenvalue weighted by Gasteiger charge is 2.40. The lowest BCUT2D eigenvalue weighted by molar-refractivity contribution is -0.143. The van der Waals surface area contributed by atoms with E-state index >= 15 is 0 Å². The number of carbonyl (C=O) groups is 2. The smallest absolute Gasteiger partial charge is 0.417 e. The van der Waals surface area contributed by atoms with Crippen molar-refractivity contribution in [1.29, 1.82) is 0 Å². The Hall–Kier alpha value is -5.55. The Labute approximate surface area is 275 Å². The maximum atomic E-state index is 14.9. The van der Waals surface area contributed by atoms with Gasteiger partial charge in [-0.15, -0.1) is 0 Å². The van der Waals surface area contributed by atoms with Crippen molar-refractivity contribution in [3.05, 3.63) is 99.5 Å². The minimum Gasteiger partial charge on any atom is -0.480 e. The number of hydrogen-bond donors (Lipinski definition) is 3. The molecule has 2 aromatic carbocycles. The minimum atomic E-state index is -5.15. The zero-order valence-electron chi connectivity index (χ0n) is 25.7. The van der Waals surface area contributed by atoms with E-state index in [4.69, 9.17) is 0 Å². The predicted molar refractivity (Wildman–Crippen MR) is 161 cm³/mol. The number of benzene rings is 2. The first kappa shape index (κ1) is 35.7. The number of anilines is 1. The number of pyridine rings is 2. The van der Waals surface area contributed by atoms with Gasteiger partial charge in [0.1, 0.15) is 40.7 Å². The molecular formula is C32H24F9N5O4. The van der Waals surface area contributed by atoms with Crippen molar-refractivity contribution in [1.82, 2.24) is 19.3 Å². The van der Waals surface area contributed by atoms with E-state index in [2.05, 4.69) is 4.98 Å². The summed E-state index contributed by atoms with van der Waals surface area (Å²) in [4.78, 5) is 42.5. The summed E-state index contributed by atoms with van der Waals surface area (Å²) in [6.07, 6.45) is -8.66. The maximum absolute atomic E-state index is 14.9. The summed E-state index contributed by atoms with van der Waals surface area (Å²) in [5, 5.41) is 13.1. The summed E-state index contributed by atoms with van der Waals surface area (Å²) in [6.45, 7) is 1.18. The van der Waals surface area contributed by atoms with Gasteiger partial charge in [-0.25, -0.2) is 22.9 Å². The molecule has 50 heavy (non-hydrogen) atoms. The van der Waals surface area contributed by atoms with E-state index < -0.39 is 99.9 Å². The SMILES string of the molecule is CCC(Nc1cc(F)c(C(=O)NC(Cc2ccc(-c3c(C(F)(F)F)c4cc(F)ccc4n(C)c3=O)c3nccn23)C(=O)O)c(F)c1)C(F)(F)F. The molecule has 3 aromatic heterocycles. The highest BCUT2D eigenvalue weighted by Crippen LogP contribution is 2.41. The van der Waals surface area contributed by atoms with Crippen LogP contribution >= 0.6 is 0 Å². The first-order valence-electron chi connectivity index (χ1n) is 14.5. The first-order chi connectivity index (χ1) is 23.3. The molecule has 0 spiro atoms. The predicted octanol–water partition coefficient (Wildman–Crippen LogP) is 6.47. The zero-order valence-corrected chi connectivity index (χ0v) is 25.7. The third-order valence-electron chi connectivity index (χ3n) is 7.97. The molecule has 0 aliphatic carbocycles. The lowest BCUT2D eigenvalue weighted by atomic mass is 9.96. The van der Waals surface area contributed by atoms with Crippen LogP contribution in [0.1, 0.15) is 35.0 Å². The molecule has 3 N–H and O–H groups in total. The van der Waals surface area contributed by atoms with Crippen LogP contribution in [0, 0.1) is 17.5 Å². The number of aliphatic carboxylic acids is 1. The van der Waals surface area contributed by atoms with Crippen LogP contribution in [0.15, 0.2) is 59.7 Å². The lowest BCUT2D eigenvalue weighted by Crippen LogP contribution is -2.43.